The van der Waals surface area contributed by atoms with E-state index < -0.39 is 0 Å². The molecule has 2 aliphatic rings. The van der Waals surface area contributed by atoms with Crippen molar-refractivity contribution in [2.45, 2.75) is 25.3 Å². The molecule has 0 aromatic carbocycles. The first-order valence-corrected chi connectivity index (χ1v) is 7.43. The van der Waals surface area contributed by atoms with E-state index in [0.29, 0.717) is 0 Å². The molecule has 0 aliphatic carbocycles. The van der Waals surface area contributed by atoms with E-state index in [4.69, 9.17) is 4.74 Å². The van der Waals surface area contributed by atoms with E-state index in [9.17, 15) is 0 Å². The molecule has 0 bridgehead atoms. The number of nitrogens with zero attached hydrogens (tertiary/aromatic N) is 2. The summed E-state index contributed by atoms with van der Waals surface area (Å²) in [6.45, 7) is 7.96. The van der Waals surface area contributed by atoms with E-state index in [-0.39, 0.29) is 0 Å². The standard InChI is InChI=1S/C14H29N3O/c1-16-8-3-4-13-12-17(9-5-14(13)16)10-6-15-7-11-18-2/h13-15H,3-12H2,1-2H3. The molecule has 2 saturated heterocycles. The fraction of sp³-hybridized carbons (Fsp3) is 1.00. The highest BCUT2D eigenvalue weighted by Gasteiger charge is 2.33. The van der Waals surface area contributed by atoms with Gasteiger partial charge >= 0.3 is 0 Å². The first-order chi connectivity index (χ1) is 8.81. The number of piperidine rings is 2. The van der Waals surface area contributed by atoms with Crippen molar-refractivity contribution in [3.05, 3.63) is 0 Å². The predicted octanol–water partition coefficient (Wildman–Crippen LogP) is 0.639. The van der Waals surface area contributed by atoms with E-state index in [0.717, 1.165) is 31.7 Å². The lowest BCUT2D eigenvalue weighted by Gasteiger charge is -2.46. The minimum Gasteiger partial charge on any atom is -0.383 e. The molecule has 18 heavy (non-hydrogen) atoms. The SMILES string of the molecule is COCCNCCN1CCC2C(CCCN2C)C1. The van der Waals surface area contributed by atoms with Crippen molar-refractivity contribution in [3.63, 3.8) is 0 Å². The Morgan fingerprint density at radius 2 is 2.11 bits per heavy atom. The summed E-state index contributed by atoms with van der Waals surface area (Å²) < 4.78 is 5.03. The van der Waals surface area contributed by atoms with E-state index in [1.165, 1.54) is 45.4 Å². The summed E-state index contributed by atoms with van der Waals surface area (Å²) in [5.41, 5.74) is 0. The molecule has 2 atom stereocenters. The van der Waals surface area contributed by atoms with Crippen molar-refractivity contribution < 1.29 is 4.74 Å². The van der Waals surface area contributed by atoms with Crippen molar-refractivity contribution in [2.24, 2.45) is 5.92 Å². The van der Waals surface area contributed by atoms with Gasteiger partial charge in [0.1, 0.15) is 0 Å². The van der Waals surface area contributed by atoms with Crippen LogP contribution >= 0.6 is 0 Å². The highest BCUT2D eigenvalue weighted by Crippen LogP contribution is 2.29. The van der Waals surface area contributed by atoms with Gasteiger partial charge in [-0.2, -0.15) is 0 Å². The number of hydrogen-bond donors (Lipinski definition) is 1. The van der Waals surface area contributed by atoms with Crippen LogP contribution in [0, 0.1) is 5.92 Å². The van der Waals surface area contributed by atoms with Crippen LogP contribution in [0.3, 0.4) is 0 Å². The van der Waals surface area contributed by atoms with Crippen LogP contribution in [-0.4, -0.2) is 75.9 Å². The van der Waals surface area contributed by atoms with E-state index in [2.05, 4.69) is 22.2 Å². The Morgan fingerprint density at radius 1 is 1.22 bits per heavy atom. The molecule has 2 unspecified atom stereocenters. The second-order valence-electron chi connectivity index (χ2n) is 5.78. The van der Waals surface area contributed by atoms with Crippen LogP contribution in [0.2, 0.25) is 0 Å². The summed E-state index contributed by atoms with van der Waals surface area (Å²) >= 11 is 0. The maximum absolute atomic E-state index is 5.03. The van der Waals surface area contributed by atoms with Crippen molar-refractivity contribution >= 4 is 0 Å². The molecule has 2 rings (SSSR count). The molecule has 0 amide bonds. The lowest BCUT2D eigenvalue weighted by atomic mass is 9.84. The molecule has 2 fully saturated rings. The summed E-state index contributed by atoms with van der Waals surface area (Å²) in [4.78, 5) is 5.22. The zero-order valence-corrected chi connectivity index (χ0v) is 12.0. The highest BCUT2D eigenvalue weighted by atomic mass is 16.5. The Labute approximate surface area is 112 Å². The second-order valence-corrected chi connectivity index (χ2v) is 5.78. The lowest BCUT2D eigenvalue weighted by Crippen LogP contribution is -2.53. The molecule has 1 N–H and O–H groups in total. The molecular formula is C14H29N3O. The number of rotatable bonds is 6. The van der Waals surface area contributed by atoms with Gasteiger partial charge in [0.2, 0.25) is 0 Å². The molecule has 0 radical (unpaired) electrons. The summed E-state index contributed by atoms with van der Waals surface area (Å²) in [6, 6.07) is 0.858. The van der Waals surface area contributed by atoms with Crippen LogP contribution < -0.4 is 5.32 Å². The lowest BCUT2D eigenvalue weighted by molar-refractivity contribution is 0.0390. The van der Waals surface area contributed by atoms with Gasteiger partial charge in [-0.3, -0.25) is 0 Å². The smallest absolute Gasteiger partial charge is 0.0587 e. The molecule has 2 aliphatic heterocycles. The van der Waals surface area contributed by atoms with Gasteiger partial charge in [0.05, 0.1) is 6.61 Å². The molecule has 0 saturated carbocycles. The second kappa shape index (κ2) is 7.43. The molecule has 106 valence electrons. The zero-order valence-electron chi connectivity index (χ0n) is 12.0. The maximum atomic E-state index is 5.03. The van der Waals surface area contributed by atoms with Crippen LogP contribution in [0.4, 0.5) is 0 Å². The summed E-state index contributed by atoms with van der Waals surface area (Å²) in [7, 11) is 4.06. The molecular weight excluding hydrogens is 226 g/mol. The van der Waals surface area contributed by atoms with Gasteiger partial charge in [-0.05, 0) is 45.3 Å². The Balaban J connectivity index is 1.64. The minimum atomic E-state index is 0.815. The molecule has 0 aromatic heterocycles. The van der Waals surface area contributed by atoms with Crippen LogP contribution in [-0.2, 0) is 4.74 Å². The third-order valence-electron chi connectivity index (χ3n) is 4.52. The van der Waals surface area contributed by atoms with Crippen LogP contribution in [0.5, 0.6) is 0 Å². The topological polar surface area (TPSA) is 27.7 Å². The van der Waals surface area contributed by atoms with Gasteiger partial charge in [0.25, 0.3) is 0 Å². The first kappa shape index (κ1) is 14.3. The normalized spacial score (nSPS) is 30.3. The number of methoxy groups -OCH3 is 1. The van der Waals surface area contributed by atoms with Gasteiger partial charge in [-0.1, -0.05) is 0 Å². The molecule has 0 spiro atoms. The summed E-state index contributed by atoms with van der Waals surface area (Å²) in [5.74, 6) is 0.913. The maximum Gasteiger partial charge on any atom is 0.0587 e. The molecule has 4 heteroatoms. The van der Waals surface area contributed by atoms with Gasteiger partial charge < -0.3 is 19.9 Å². The van der Waals surface area contributed by atoms with Crippen molar-refractivity contribution in [2.75, 3.05) is 60.0 Å². The largest absolute Gasteiger partial charge is 0.383 e. The minimum absolute atomic E-state index is 0.815. The fourth-order valence-electron chi connectivity index (χ4n) is 3.47. The van der Waals surface area contributed by atoms with Gasteiger partial charge in [0.15, 0.2) is 0 Å². The summed E-state index contributed by atoms with van der Waals surface area (Å²) in [6.07, 6.45) is 4.18. The quantitative estimate of drug-likeness (QED) is 0.705. The van der Waals surface area contributed by atoms with E-state index in [1.54, 1.807) is 7.11 Å². The number of ether oxygens (including phenoxy) is 1. The third-order valence-corrected chi connectivity index (χ3v) is 4.52. The van der Waals surface area contributed by atoms with Gasteiger partial charge in [0, 0.05) is 39.3 Å². The van der Waals surface area contributed by atoms with Crippen LogP contribution in [0.1, 0.15) is 19.3 Å². The monoisotopic (exact) mass is 255 g/mol. The van der Waals surface area contributed by atoms with Crippen molar-refractivity contribution in [1.82, 2.24) is 15.1 Å². The van der Waals surface area contributed by atoms with Crippen molar-refractivity contribution in [1.29, 1.82) is 0 Å². The van der Waals surface area contributed by atoms with E-state index >= 15 is 0 Å². The Bertz CT molecular complexity index is 237. The fourth-order valence-corrected chi connectivity index (χ4v) is 3.47. The Kier molecular flexibility index (Phi) is 5.89. The average Bonchev–Trinajstić information content (AvgIpc) is 2.39. The molecule has 4 nitrogen and oxygen atoms in total. The van der Waals surface area contributed by atoms with Gasteiger partial charge in [-0.25, -0.2) is 0 Å². The number of likely N-dealkylation sites (tertiary alicyclic amines) is 2. The number of fused-ring (bicyclic) bond motifs is 1. The Morgan fingerprint density at radius 3 is 2.94 bits per heavy atom. The Hall–Kier alpha value is -0.160. The summed E-state index contributed by atoms with van der Waals surface area (Å²) in [5, 5.41) is 3.44. The first-order valence-electron chi connectivity index (χ1n) is 7.43. The van der Waals surface area contributed by atoms with Crippen LogP contribution in [0.25, 0.3) is 0 Å². The highest BCUT2D eigenvalue weighted by molar-refractivity contribution is 4.89. The number of nitrogens with one attached hydrogen (secondary N) is 1. The van der Waals surface area contributed by atoms with Crippen molar-refractivity contribution in [3.8, 4) is 0 Å². The van der Waals surface area contributed by atoms with Crippen LogP contribution in [0.15, 0.2) is 0 Å². The average molecular weight is 255 g/mol. The number of hydrogen-bond acceptors (Lipinski definition) is 4. The molecule has 2 heterocycles. The zero-order chi connectivity index (χ0) is 12.8. The predicted molar refractivity (Wildman–Crippen MR) is 74.9 cm³/mol. The van der Waals surface area contributed by atoms with E-state index in [1.807, 2.05) is 0 Å². The third kappa shape index (κ3) is 3.92. The van der Waals surface area contributed by atoms with Gasteiger partial charge in [-0.15, -0.1) is 0 Å². The molecule has 0 aromatic rings.